The lowest BCUT2D eigenvalue weighted by atomic mass is 10.1. The summed E-state index contributed by atoms with van der Waals surface area (Å²) in [5.41, 5.74) is 3.52. The van der Waals surface area contributed by atoms with E-state index in [-0.39, 0.29) is 0 Å². The zero-order valence-electron chi connectivity index (χ0n) is 14.1. The van der Waals surface area contributed by atoms with Crippen LogP contribution >= 0.6 is 0 Å². The normalized spacial score (nSPS) is 10.7. The maximum Gasteiger partial charge on any atom is 0.329 e. The van der Waals surface area contributed by atoms with Gasteiger partial charge in [-0.15, -0.1) is 0 Å². The molecule has 0 saturated carbocycles. The highest BCUT2D eigenvalue weighted by molar-refractivity contribution is 6.40. The number of hydrazone groups is 1. The van der Waals surface area contributed by atoms with Crippen LogP contribution in [0.2, 0.25) is 0 Å². The number of hydrogen-bond donors (Lipinski definition) is 2. The molecule has 3 aromatic rings. The maximum absolute atomic E-state index is 12.1. The summed E-state index contributed by atoms with van der Waals surface area (Å²) in [5, 5.41) is 8.24. The number of amides is 2. The van der Waals surface area contributed by atoms with Crippen molar-refractivity contribution in [2.75, 3.05) is 12.4 Å². The van der Waals surface area contributed by atoms with Crippen LogP contribution in [0.5, 0.6) is 5.75 Å². The van der Waals surface area contributed by atoms with E-state index in [0.29, 0.717) is 11.4 Å². The van der Waals surface area contributed by atoms with E-state index in [1.165, 1.54) is 6.21 Å². The number of methoxy groups -OCH3 is 1. The third-order valence-corrected chi connectivity index (χ3v) is 3.72. The molecule has 2 N–H and O–H groups in total. The van der Waals surface area contributed by atoms with E-state index in [4.69, 9.17) is 4.74 Å². The molecule has 0 radical (unpaired) electrons. The van der Waals surface area contributed by atoms with Gasteiger partial charge in [-0.05, 0) is 29.1 Å². The highest BCUT2D eigenvalue weighted by Crippen LogP contribution is 2.22. The van der Waals surface area contributed by atoms with Gasteiger partial charge in [0.1, 0.15) is 5.75 Å². The van der Waals surface area contributed by atoms with Gasteiger partial charge in [-0.25, -0.2) is 5.43 Å². The average Bonchev–Trinajstić information content (AvgIpc) is 2.68. The lowest BCUT2D eigenvalue weighted by Gasteiger charge is -2.07. The van der Waals surface area contributed by atoms with Crippen LogP contribution in [-0.4, -0.2) is 25.1 Å². The molecule has 0 atom stereocenters. The summed E-state index contributed by atoms with van der Waals surface area (Å²) >= 11 is 0. The molecule has 2 amide bonds. The van der Waals surface area contributed by atoms with Gasteiger partial charge in [0.15, 0.2) is 0 Å². The van der Waals surface area contributed by atoms with Crippen molar-refractivity contribution in [2.45, 2.75) is 0 Å². The van der Waals surface area contributed by atoms with Crippen LogP contribution in [0.4, 0.5) is 5.69 Å². The molecule has 26 heavy (non-hydrogen) atoms. The smallest absolute Gasteiger partial charge is 0.329 e. The van der Waals surface area contributed by atoms with Crippen molar-refractivity contribution in [2.24, 2.45) is 5.10 Å². The molecule has 0 spiro atoms. The summed E-state index contributed by atoms with van der Waals surface area (Å²) in [7, 11) is 1.57. The first-order chi connectivity index (χ1) is 12.7. The number of anilines is 1. The van der Waals surface area contributed by atoms with Gasteiger partial charge in [-0.1, -0.05) is 48.5 Å². The van der Waals surface area contributed by atoms with E-state index in [1.54, 1.807) is 37.4 Å². The average molecular weight is 347 g/mol. The maximum atomic E-state index is 12.1. The summed E-state index contributed by atoms with van der Waals surface area (Å²) < 4.78 is 5.11. The lowest BCUT2D eigenvalue weighted by Crippen LogP contribution is -2.32. The number of benzene rings is 3. The molecular weight excluding hydrogens is 330 g/mol. The van der Waals surface area contributed by atoms with E-state index >= 15 is 0 Å². The predicted molar refractivity (Wildman–Crippen MR) is 101 cm³/mol. The fourth-order valence-corrected chi connectivity index (χ4v) is 2.45. The third kappa shape index (κ3) is 4.05. The Bertz CT molecular complexity index is 977. The van der Waals surface area contributed by atoms with Gasteiger partial charge in [-0.3, -0.25) is 9.59 Å². The highest BCUT2D eigenvalue weighted by atomic mass is 16.5. The number of carbonyl (C=O) groups is 2. The summed E-state index contributed by atoms with van der Waals surface area (Å²) in [4.78, 5) is 24.0. The van der Waals surface area contributed by atoms with E-state index in [1.807, 2.05) is 36.4 Å². The Balaban J connectivity index is 1.64. The van der Waals surface area contributed by atoms with Crippen molar-refractivity contribution in [3.63, 3.8) is 0 Å². The van der Waals surface area contributed by atoms with E-state index in [0.717, 1.165) is 16.3 Å². The van der Waals surface area contributed by atoms with Crippen molar-refractivity contribution in [1.29, 1.82) is 0 Å². The molecule has 0 bridgehead atoms. The zero-order chi connectivity index (χ0) is 18.4. The number of nitrogens with zero attached hydrogens (tertiary/aromatic N) is 1. The number of carbonyl (C=O) groups excluding carboxylic acids is 2. The number of hydrogen-bond acceptors (Lipinski definition) is 4. The van der Waals surface area contributed by atoms with Crippen molar-refractivity contribution in [1.82, 2.24) is 5.43 Å². The van der Waals surface area contributed by atoms with Crippen molar-refractivity contribution < 1.29 is 14.3 Å². The van der Waals surface area contributed by atoms with Crippen LogP contribution in [0.3, 0.4) is 0 Å². The molecule has 0 unspecified atom stereocenters. The van der Waals surface area contributed by atoms with Crippen molar-refractivity contribution in [3.8, 4) is 5.75 Å². The van der Waals surface area contributed by atoms with E-state index < -0.39 is 11.8 Å². The second-order valence-corrected chi connectivity index (χ2v) is 5.46. The first-order valence-corrected chi connectivity index (χ1v) is 7.93. The van der Waals surface area contributed by atoms with Crippen molar-refractivity contribution >= 4 is 34.5 Å². The van der Waals surface area contributed by atoms with Gasteiger partial charge in [0.25, 0.3) is 0 Å². The Morgan fingerprint density at radius 1 is 0.962 bits per heavy atom. The first-order valence-electron chi connectivity index (χ1n) is 7.93. The van der Waals surface area contributed by atoms with E-state index in [9.17, 15) is 9.59 Å². The SMILES string of the molecule is COc1cccc(C=NNC(=O)C(=O)Nc2cccc3ccccc23)c1. The number of fused-ring (bicyclic) bond motifs is 1. The van der Waals surface area contributed by atoms with Crippen LogP contribution in [0.15, 0.2) is 71.8 Å². The molecule has 0 heterocycles. The Labute approximate surface area is 150 Å². The number of nitrogens with one attached hydrogen (secondary N) is 2. The molecule has 3 aromatic carbocycles. The molecule has 0 saturated heterocycles. The monoisotopic (exact) mass is 347 g/mol. The van der Waals surface area contributed by atoms with Gasteiger partial charge in [0.2, 0.25) is 0 Å². The standard InChI is InChI=1S/C20H17N3O3/c1-26-16-9-4-6-14(12-16)13-21-23-20(25)19(24)22-18-11-5-8-15-7-2-3-10-17(15)18/h2-13H,1H3,(H,22,24)(H,23,25). The van der Waals surface area contributed by atoms with Crippen molar-refractivity contribution in [3.05, 3.63) is 72.3 Å². The first kappa shape index (κ1) is 17.2. The van der Waals surface area contributed by atoms with Gasteiger partial charge in [0, 0.05) is 11.1 Å². The Morgan fingerprint density at radius 3 is 2.58 bits per heavy atom. The lowest BCUT2D eigenvalue weighted by molar-refractivity contribution is -0.136. The molecule has 0 fully saturated rings. The van der Waals surface area contributed by atoms with Crippen LogP contribution in [0.25, 0.3) is 10.8 Å². The largest absolute Gasteiger partial charge is 0.497 e. The summed E-state index contributed by atoms with van der Waals surface area (Å²) in [6.07, 6.45) is 1.44. The topological polar surface area (TPSA) is 79.8 Å². The van der Waals surface area contributed by atoms with Crippen LogP contribution in [-0.2, 0) is 9.59 Å². The molecule has 0 aliphatic rings. The van der Waals surface area contributed by atoms with E-state index in [2.05, 4.69) is 15.8 Å². The third-order valence-electron chi connectivity index (χ3n) is 3.72. The molecule has 6 nitrogen and oxygen atoms in total. The Morgan fingerprint density at radius 2 is 1.73 bits per heavy atom. The van der Waals surface area contributed by atoms with Crippen LogP contribution < -0.4 is 15.5 Å². The molecule has 6 heteroatoms. The van der Waals surface area contributed by atoms with Gasteiger partial charge in [0.05, 0.1) is 13.3 Å². The minimum absolute atomic E-state index is 0.569. The van der Waals surface area contributed by atoms with Gasteiger partial charge in [-0.2, -0.15) is 5.10 Å². The highest BCUT2D eigenvalue weighted by Gasteiger charge is 2.14. The number of ether oxygens (including phenoxy) is 1. The quantitative estimate of drug-likeness (QED) is 0.433. The van der Waals surface area contributed by atoms with Gasteiger partial charge < -0.3 is 10.1 Å². The molecule has 0 aliphatic carbocycles. The Kier molecular flexibility index (Phi) is 5.24. The number of rotatable bonds is 4. The second kappa shape index (κ2) is 7.94. The fourth-order valence-electron chi connectivity index (χ4n) is 2.45. The molecular formula is C20H17N3O3. The molecule has 3 rings (SSSR count). The van der Waals surface area contributed by atoms with Crippen LogP contribution in [0, 0.1) is 0 Å². The van der Waals surface area contributed by atoms with Crippen LogP contribution in [0.1, 0.15) is 5.56 Å². The second-order valence-electron chi connectivity index (χ2n) is 5.46. The minimum atomic E-state index is -0.850. The molecule has 130 valence electrons. The Hall–Kier alpha value is -3.67. The fraction of sp³-hybridized carbons (Fsp3) is 0.0500. The summed E-state index contributed by atoms with van der Waals surface area (Å²) in [6, 6.07) is 20.2. The molecule has 0 aromatic heterocycles. The summed E-state index contributed by atoms with van der Waals surface area (Å²) in [5.74, 6) is -0.963. The zero-order valence-corrected chi connectivity index (χ0v) is 14.1. The molecule has 0 aliphatic heterocycles. The summed E-state index contributed by atoms with van der Waals surface area (Å²) in [6.45, 7) is 0. The predicted octanol–water partition coefficient (Wildman–Crippen LogP) is 2.94. The minimum Gasteiger partial charge on any atom is -0.497 e. The van der Waals surface area contributed by atoms with Gasteiger partial charge >= 0.3 is 11.8 Å².